The Labute approximate surface area is 177 Å². The Bertz CT molecular complexity index is 928. The number of hydrogen-bond donors (Lipinski definition) is 1. The van der Waals surface area contributed by atoms with Gasteiger partial charge in [0.1, 0.15) is 12.4 Å². The van der Waals surface area contributed by atoms with Crippen LogP contribution in [0.15, 0.2) is 48.5 Å². The Balaban J connectivity index is 1.33. The van der Waals surface area contributed by atoms with Crippen LogP contribution in [-0.4, -0.2) is 41.3 Å². The second-order valence-electron chi connectivity index (χ2n) is 8.03. The van der Waals surface area contributed by atoms with Gasteiger partial charge in [0.2, 0.25) is 0 Å². The first-order valence-corrected chi connectivity index (χ1v) is 10.4. The minimum atomic E-state index is -0.850. The highest BCUT2D eigenvalue weighted by atomic mass is 16.5. The maximum atomic E-state index is 11.1. The summed E-state index contributed by atoms with van der Waals surface area (Å²) in [5.74, 6) is 5.40. The lowest BCUT2D eigenvalue weighted by molar-refractivity contribution is -0.182. The zero-order valence-electron chi connectivity index (χ0n) is 17.2. The summed E-state index contributed by atoms with van der Waals surface area (Å²) >= 11 is 0. The van der Waals surface area contributed by atoms with E-state index in [1.807, 2.05) is 24.3 Å². The summed E-state index contributed by atoms with van der Waals surface area (Å²) in [4.78, 5) is 13.5. The molecule has 3 saturated heterocycles. The monoisotopic (exact) mass is 405 g/mol. The van der Waals surface area contributed by atoms with E-state index < -0.39 is 5.97 Å². The lowest BCUT2D eigenvalue weighted by Gasteiger charge is -2.47. The Hall–Kier alpha value is -2.81. The van der Waals surface area contributed by atoms with Crippen LogP contribution in [0.2, 0.25) is 0 Å². The minimum Gasteiger partial charge on any atom is -0.489 e. The fourth-order valence-electron chi connectivity index (χ4n) is 4.21. The average Bonchev–Trinajstić information content (AvgIpc) is 2.72. The molecule has 0 spiro atoms. The van der Waals surface area contributed by atoms with Gasteiger partial charge in [0.15, 0.2) is 0 Å². The Morgan fingerprint density at radius 1 is 1.20 bits per heavy atom. The molecule has 2 unspecified atom stereocenters. The van der Waals surface area contributed by atoms with Crippen molar-refractivity contribution in [3.05, 3.63) is 65.2 Å². The fourth-order valence-corrected chi connectivity index (χ4v) is 4.21. The topological polar surface area (TPSA) is 59.0 Å². The van der Waals surface area contributed by atoms with Gasteiger partial charge in [-0.1, -0.05) is 42.3 Å². The largest absolute Gasteiger partial charge is 0.489 e. The summed E-state index contributed by atoms with van der Waals surface area (Å²) in [6.45, 7) is 5.21. The van der Waals surface area contributed by atoms with Gasteiger partial charge in [0, 0.05) is 26.1 Å². The van der Waals surface area contributed by atoms with Crippen molar-refractivity contribution < 1.29 is 19.4 Å². The quantitative estimate of drug-likeness (QED) is 0.677. The highest BCUT2D eigenvalue weighted by Gasteiger charge is 2.37. The van der Waals surface area contributed by atoms with Crippen LogP contribution in [0.25, 0.3) is 0 Å². The van der Waals surface area contributed by atoms with Crippen molar-refractivity contribution in [1.29, 1.82) is 0 Å². The molecule has 30 heavy (non-hydrogen) atoms. The molecule has 1 N–H and O–H groups in total. The highest BCUT2D eigenvalue weighted by Crippen LogP contribution is 2.29. The minimum absolute atomic E-state index is 0.00152. The van der Waals surface area contributed by atoms with E-state index in [9.17, 15) is 4.79 Å². The maximum absolute atomic E-state index is 11.1. The van der Waals surface area contributed by atoms with E-state index in [4.69, 9.17) is 14.6 Å². The van der Waals surface area contributed by atoms with E-state index in [2.05, 4.69) is 41.0 Å². The summed E-state index contributed by atoms with van der Waals surface area (Å²) in [7, 11) is 0. The van der Waals surface area contributed by atoms with Crippen molar-refractivity contribution in [2.24, 2.45) is 0 Å². The summed E-state index contributed by atoms with van der Waals surface area (Å²) in [6, 6.07) is 16.1. The van der Waals surface area contributed by atoms with E-state index in [0.717, 1.165) is 36.5 Å². The summed E-state index contributed by atoms with van der Waals surface area (Å²) < 4.78 is 11.7. The van der Waals surface area contributed by atoms with Crippen LogP contribution in [0.3, 0.4) is 0 Å². The molecule has 2 bridgehead atoms. The standard InChI is InChI=1S/C25H27NO4/c1-2-4-21(12-25(27)28)20-7-9-22(10-8-20)29-17-19-6-3-5-18(11-19)14-26-15-23-13-24(16-26)30-23/h3,5-11,21,23-24H,12-17H2,1H3,(H,27,28)/t21-,23?,24?/m1/s1. The molecule has 0 saturated carbocycles. The molecule has 3 aliphatic rings. The van der Waals surface area contributed by atoms with Crippen LogP contribution in [0.5, 0.6) is 5.75 Å². The molecule has 0 amide bonds. The number of hydrogen-bond acceptors (Lipinski definition) is 4. The summed E-state index contributed by atoms with van der Waals surface area (Å²) in [5, 5.41) is 9.08. The van der Waals surface area contributed by atoms with Crippen molar-refractivity contribution in [3.8, 4) is 17.6 Å². The SMILES string of the molecule is CC#C[C@H](CC(=O)O)c1ccc(OCc2cccc(CN3CC4CC(C3)O4)c2)cc1. The third kappa shape index (κ3) is 5.21. The predicted molar refractivity (Wildman–Crippen MR) is 114 cm³/mol. The molecular weight excluding hydrogens is 378 g/mol. The van der Waals surface area contributed by atoms with E-state index in [-0.39, 0.29) is 12.3 Å². The first-order chi connectivity index (χ1) is 14.6. The first kappa shape index (κ1) is 20.5. The van der Waals surface area contributed by atoms with Crippen molar-refractivity contribution in [3.63, 3.8) is 0 Å². The first-order valence-electron chi connectivity index (χ1n) is 10.4. The number of fused-ring (bicyclic) bond motifs is 2. The van der Waals surface area contributed by atoms with Gasteiger partial charge in [-0.25, -0.2) is 0 Å². The Morgan fingerprint density at radius 3 is 2.57 bits per heavy atom. The van der Waals surface area contributed by atoms with Crippen LogP contribution in [-0.2, 0) is 22.7 Å². The van der Waals surface area contributed by atoms with Crippen molar-refractivity contribution in [2.75, 3.05) is 13.1 Å². The molecule has 0 aliphatic carbocycles. The lowest BCUT2D eigenvalue weighted by Crippen LogP contribution is -2.56. The van der Waals surface area contributed by atoms with E-state index in [0.29, 0.717) is 18.8 Å². The molecule has 2 aromatic rings. The zero-order chi connectivity index (χ0) is 20.9. The number of piperidine rings is 1. The van der Waals surface area contributed by atoms with E-state index >= 15 is 0 Å². The number of carboxylic acids is 1. The molecule has 3 fully saturated rings. The molecular formula is C25H27NO4. The maximum Gasteiger partial charge on any atom is 0.304 e. The smallest absolute Gasteiger partial charge is 0.304 e. The van der Waals surface area contributed by atoms with Gasteiger partial charge in [-0.05, 0) is 35.7 Å². The van der Waals surface area contributed by atoms with E-state index in [1.165, 1.54) is 12.0 Å². The van der Waals surface area contributed by atoms with Gasteiger partial charge in [-0.3, -0.25) is 9.69 Å². The van der Waals surface area contributed by atoms with Gasteiger partial charge in [0.25, 0.3) is 0 Å². The number of carboxylic acid groups (broad SMARTS) is 1. The van der Waals surface area contributed by atoms with Gasteiger partial charge in [-0.2, -0.15) is 0 Å². The van der Waals surface area contributed by atoms with Crippen molar-refractivity contribution in [2.45, 2.75) is 51.0 Å². The van der Waals surface area contributed by atoms with Gasteiger partial charge in [-0.15, -0.1) is 5.92 Å². The zero-order valence-corrected chi connectivity index (χ0v) is 17.2. The van der Waals surface area contributed by atoms with Crippen LogP contribution < -0.4 is 4.74 Å². The molecule has 3 atom stereocenters. The highest BCUT2D eigenvalue weighted by molar-refractivity contribution is 5.69. The van der Waals surface area contributed by atoms with Gasteiger partial charge in [0.05, 0.1) is 24.5 Å². The number of carbonyl (C=O) groups is 1. The van der Waals surface area contributed by atoms with Crippen LogP contribution in [0, 0.1) is 11.8 Å². The Kier molecular flexibility index (Phi) is 6.37. The van der Waals surface area contributed by atoms with Crippen LogP contribution in [0.4, 0.5) is 0 Å². The van der Waals surface area contributed by atoms with Gasteiger partial charge < -0.3 is 14.6 Å². The molecule has 3 aliphatic heterocycles. The second kappa shape index (κ2) is 9.34. The number of aliphatic carboxylic acids is 1. The number of benzene rings is 2. The molecule has 156 valence electrons. The number of rotatable bonds is 8. The Morgan fingerprint density at radius 2 is 1.90 bits per heavy atom. The normalized spacial score (nSPS) is 21.1. The van der Waals surface area contributed by atoms with Crippen LogP contribution >= 0.6 is 0 Å². The molecule has 5 nitrogen and oxygen atoms in total. The molecule has 0 aromatic heterocycles. The third-order valence-corrected chi connectivity index (χ3v) is 5.62. The van der Waals surface area contributed by atoms with Gasteiger partial charge >= 0.3 is 5.97 Å². The molecule has 3 heterocycles. The number of morpholine rings is 1. The van der Waals surface area contributed by atoms with Crippen molar-refractivity contribution >= 4 is 5.97 Å². The van der Waals surface area contributed by atoms with Crippen molar-refractivity contribution in [1.82, 2.24) is 4.90 Å². The number of nitrogens with zero attached hydrogens (tertiary/aromatic N) is 1. The van der Waals surface area contributed by atoms with E-state index in [1.54, 1.807) is 6.92 Å². The molecule has 2 aromatic carbocycles. The molecule has 0 radical (unpaired) electrons. The summed E-state index contributed by atoms with van der Waals surface area (Å²) in [6.07, 6.45) is 2.07. The molecule has 5 heteroatoms. The summed E-state index contributed by atoms with van der Waals surface area (Å²) in [5.41, 5.74) is 3.32. The fraction of sp³-hybridized carbons (Fsp3) is 0.400. The molecule has 5 rings (SSSR count). The third-order valence-electron chi connectivity index (χ3n) is 5.62. The lowest BCUT2D eigenvalue weighted by atomic mass is 9.96. The second-order valence-corrected chi connectivity index (χ2v) is 8.03. The number of ether oxygens (including phenoxy) is 2. The van der Waals surface area contributed by atoms with Crippen LogP contribution in [0.1, 0.15) is 42.4 Å². The predicted octanol–water partition coefficient (Wildman–Crippen LogP) is 3.82. The average molecular weight is 405 g/mol.